The van der Waals surface area contributed by atoms with Crippen LogP contribution in [0.2, 0.25) is 0 Å². The summed E-state index contributed by atoms with van der Waals surface area (Å²) in [6.45, 7) is 0. The Kier molecular flexibility index (Phi) is 2.68. The molecule has 8 heteroatoms. The Labute approximate surface area is 102 Å². The summed E-state index contributed by atoms with van der Waals surface area (Å²) in [6, 6.07) is 6.03. The van der Waals surface area contributed by atoms with Gasteiger partial charge in [0.1, 0.15) is 4.90 Å². The molecule has 0 fully saturated rings. The van der Waals surface area contributed by atoms with Crippen LogP contribution in [0.25, 0.3) is 10.8 Å². The van der Waals surface area contributed by atoms with Gasteiger partial charge in [0, 0.05) is 17.1 Å². The maximum atomic E-state index is 11.2. The van der Waals surface area contributed by atoms with Crippen LogP contribution < -0.4 is 5.73 Å². The van der Waals surface area contributed by atoms with Crippen LogP contribution in [-0.4, -0.2) is 17.9 Å². The number of hydrogen-bond donors (Lipinski definition) is 2. The maximum absolute atomic E-state index is 11.2. The van der Waals surface area contributed by atoms with Gasteiger partial charge in [-0.05, 0) is 18.2 Å². The van der Waals surface area contributed by atoms with Crippen LogP contribution in [0.1, 0.15) is 0 Å². The third kappa shape index (κ3) is 1.98. The minimum absolute atomic E-state index is 0.0564. The number of nitro groups is 1. The summed E-state index contributed by atoms with van der Waals surface area (Å²) in [5.41, 5.74) is 5.51. The van der Waals surface area contributed by atoms with Gasteiger partial charge < -0.3 is 5.73 Å². The fraction of sp³-hybridized carbons (Fsp3) is 0. The first kappa shape index (κ1) is 12.3. The highest BCUT2D eigenvalue weighted by atomic mass is 32.2. The van der Waals surface area contributed by atoms with Crippen molar-refractivity contribution in [1.82, 2.24) is 0 Å². The van der Waals surface area contributed by atoms with Gasteiger partial charge in [0.05, 0.1) is 10.3 Å². The molecule has 0 heterocycles. The van der Waals surface area contributed by atoms with E-state index in [4.69, 9.17) is 10.3 Å². The van der Waals surface area contributed by atoms with E-state index in [1.807, 2.05) is 0 Å². The molecule has 2 aromatic carbocycles. The quantitative estimate of drug-likeness (QED) is 0.369. The van der Waals surface area contributed by atoms with Gasteiger partial charge in [-0.25, -0.2) is 0 Å². The summed E-state index contributed by atoms with van der Waals surface area (Å²) in [6.07, 6.45) is 0. The molecule has 0 aliphatic carbocycles. The number of nitrogens with zero attached hydrogens (tertiary/aromatic N) is 1. The zero-order valence-electron chi connectivity index (χ0n) is 8.90. The summed E-state index contributed by atoms with van der Waals surface area (Å²) in [5.74, 6) is 0. The van der Waals surface area contributed by atoms with Crippen molar-refractivity contribution in [1.29, 1.82) is 0 Å². The van der Waals surface area contributed by atoms with Gasteiger partial charge in [-0.1, -0.05) is 6.07 Å². The fourth-order valence-electron chi connectivity index (χ4n) is 1.71. The standard InChI is InChI=1S/C10H8N2O5S/c11-6-1-2-7-8(5-6)9(12(13)14)3-4-10(7)18(15,16)17/h1-5H,11H2,(H,15,16,17). The largest absolute Gasteiger partial charge is 0.399 e. The van der Waals surface area contributed by atoms with E-state index < -0.39 is 15.0 Å². The first-order chi connectivity index (χ1) is 8.30. The summed E-state index contributed by atoms with van der Waals surface area (Å²) in [4.78, 5) is 9.81. The fourth-order valence-corrected chi connectivity index (χ4v) is 2.40. The number of non-ortho nitro benzene ring substituents is 1. The van der Waals surface area contributed by atoms with Crippen molar-refractivity contribution in [2.75, 3.05) is 5.73 Å². The van der Waals surface area contributed by atoms with E-state index in [1.54, 1.807) is 0 Å². The lowest BCUT2D eigenvalue weighted by molar-refractivity contribution is -0.383. The van der Waals surface area contributed by atoms with Crippen molar-refractivity contribution in [2.24, 2.45) is 0 Å². The molecule has 0 aliphatic rings. The first-order valence-electron chi connectivity index (χ1n) is 4.75. The monoisotopic (exact) mass is 268 g/mol. The summed E-state index contributed by atoms with van der Waals surface area (Å²) >= 11 is 0. The molecule has 0 amide bonds. The molecular formula is C10H8N2O5S. The Morgan fingerprint density at radius 2 is 1.83 bits per heavy atom. The molecule has 2 aromatic rings. The number of fused-ring (bicyclic) bond motifs is 1. The predicted molar refractivity (Wildman–Crippen MR) is 64.8 cm³/mol. The Bertz CT molecular complexity index is 754. The molecule has 18 heavy (non-hydrogen) atoms. The van der Waals surface area contributed by atoms with E-state index >= 15 is 0 Å². The molecule has 7 nitrogen and oxygen atoms in total. The topological polar surface area (TPSA) is 124 Å². The zero-order chi connectivity index (χ0) is 13.5. The molecule has 3 N–H and O–H groups in total. The molecule has 0 saturated carbocycles. The maximum Gasteiger partial charge on any atom is 0.295 e. The van der Waals surface area contributed by atoms with Crippen LogP contribution in [0.3, 0.4) is 0 Å². The van der Waals surface area contributed by atoms with Crippen molar-refractivity contribution < 1.29 is 17.9 Å². The number of anilines is 1. The van der Waals surface area contributed by atoms with Crippen LogP contribution in [0.15, 0.2) is 35.2 Å². The number of nitrogen functional groups attached to an aromatic ring is 1. The molecular weight excluding hydrogens is 260 g/mol. The first-order valence-corrected chi connectivity index (χ1v) is 6.19. The van der Waals surface area contributed by atoms with Crippen molar-refractivity contribution in [2.45, 2.75) is 4.90 Å². The lowest BCUT2D eigenvalue weighted by Crippen LogP contribution is -2.01. The van der Waals surface area contributed by atoms with Gasteiger partial charge in [0.25, 0.3) is 15.8 Å². The van der Waals surface area contributed by atoms with Crippen molar-refractivity contribution in [3.8, 4) is 0 Å². The molecule has 0 radical (unpaired) electrons. The summed E-state index contributed by atoms with van der Waals surface area (Å²) in [7, 11) is -4.45. The Morgan fingerprint density at radius 3 is 2.39 bits per heavy atom. The van der Waals surface area contributed by atoms with E-state index in [0.717, 1.165) is 12.1 Å². The van der Waals surface area contributed by atoms with Crippen LogP contribution in [0.5, 0.6) is 0 Å². The van der Waals surface area contributed by atoms with Gasteiger partial charge in [-0.2, -0.15) is 8.42 Å². The average Bonchev–Trinajstić information content (AvgIpc) is 2.25. The molecule has 0 saturated heterocycles. The minimum Gasteiger partial charge on any atom is -0.399 e. The average molecular weight is 268 g/mol. The molecule has 94 valence electrons. The van der Waals surface area contributed by atoms with Crippen molar-refractivity contribution in [3.05, 3.63) is 40.4 Å². The lowest BCUT2D eigenvalue weighted by atomic mass is 10.1. The van der Waals surface area contributed by atoms with E-state index in [0.29, 0.717) is 0 Å². The SMILES string of the molecule is Nc1ccc2c(S(=O)(=O)O)ccc([N+](=O)[O-])c2c1. The Balaban J connectivity index is 2.97. The van der Waals surface area contributed by atoms with Crippen LogP contribution >= 0.6 is 0 Å². The minimum atomic E-state index is -4.45. The smallest absolute Gasteiger partial charge is 0.295 e. The van der Waals surface area contributed by atoms with Gasteiger partial charge in [0.15, 0.2) is 0 Å². The molecule has 0 spiro atoms. The second kappa shape index (κ2) is 3.93. The van der Waals surface area contributed by atoms with Crippen LogP contribution in [0, 0.1) is 10.1 Å². The Morgan fingerprint density at radius 1 is 1.17 bits per heavy atom. The number of hydrogen-bond acceptors (Lipinski definition) is 5. The van der Waals surface area contributed by atoms with E-state index in [2.05, 4.69) is 0 Å². The second-order valence-electron chi connectivity index (χ2n) is 3.62. The van der Waals surface area contributed by atoms with Crippen molar-refractivity contribution in [3.63, 3.8) is 0 Å². The van der Waals surface area contributed by atoms with Gasteiger partial charge in [-0.15, -0.1) is 0 Å². The number of nitrogens with two attached hydrogens (primary N) is 1. The highest BCUT2D eigenvalue weighted by molar-refractivity contribution is 7.86. The number of benzene rings is 2. The molecule has 0 bridgehead atoms. The number of nitro benzene ring substituents is 1. The highest BCUT2D eigenvalue weighted by Crippen LogP contribution is 2.32. The molecule has 0 aliphatic heterocycles. The molecule has 0 unspecified atom stereocenters. The third-order valence-electron chi connectivity index (χ3n) is 2.45. The van der Waals surface area contributed by atoms with Crippen LogP contribution in [0.4, 0.5) is 11.4 Å². The molecule has 0 aromatic heterocycles. The van der Waals surface area contributed by atoms with Gasteiger partial charge >= 0.3 is 0 Å². The van der Waals surface area contributed by atoms with Gasteiger partial charge in [0.2, 0.25) is 0 Å². The van der Waals surface area contributed by atoms with Crippen molar-refractivity contribution >= 4 is 32.3 Å². The second-order valence-corrected chi connectivity index (χ2v) is 5.01. The van der Waals surface area contributed by atoms with E-state index in [9.17, 15) is 18.5 Å². The van der Waals surface area contributed by atoms with Crippen LogP contribution in [-0.2, 0) is 10.1 Å². The third-order valence-corrected chi connectivity index (χ3v) is 3.36. The summed E-state index contributed by atoms with van der Waals surface area (Å²) in [5, 5.41) is 11.0. The van der Waals surface area contributed by atoms with E-state index in [1.165, 1.54) is 18.2 Å². The van der Waals surface area contributed by atoms with Gasteiger partial charge in [-0.3, -0.25) is 14.7 Å². The number of rotatable bonds is 2. The lowest BCUT2D eigenvalue weighted by Gasteiger charge is -2.05. The normalized spacial score (nSPS) is 11.6. The zero-order valence-corrected chi connectivity index (χ0v) is 9.72. The molecule has 2 rings (SSSR count). The summed E-state index contributed by atoms with van der Waals surface area (Å²) < 4.78 is 31.4. The molecule has 0 atom stereocenters. The highest BCUT2D eigenvalue weighted by Gasteiger charge is 2.20. The predicted octanol–water partition coefficient (Wildman–Crippen LogP) is 1.58. The van der Waals surface area contributed by atoms with E-state index in [-0.39, 0.29) is 27.0 Å². The Hall–Kier alpha value is -2.19.